The SMILES string of the molecule is N#Cc1ccc(NC(=O)c2cc(-c3cc(F)cc(F)c3)c3ccccc3c2O)c(OC(F)(F)F)c1. The molecule has 0 radical (unpaired) electrons. The molecule has 0 aliphatic heterocycles. The third-order valence-corrected chi connectivity index (χ3v) is 5.02. The van der Waals surface area contributed by atoms with Crippen molar-refractivity contribution in [2.75, 3.05) is 5.32 Å². The van der Waals surface area contributed by atoms with Crippen LogP contribution in [0.5, 0.6) is 11.5 Å². The molecule has 176 valence electrons. The highest BCUT2D eigenvalue weighted by Gasteiger charge is 2.32. The molecule has 0 aromatic heterocycles. The predicted molar refractivity (Wildman–Crippen MR) is 117 cm³/mol. The van der Waals surface area contributed by atoms with Crippen LogP contribution >= 0.6 is 0 Å². The Kier molecular flexibility index (Phi) is 6.01. The second-order valence-electron chi connectivity index (χ2n) is 7.35. The first-order valence-electron chi connectivity index (χ1n) is 9.88. The number of hydrogen-bond acceptors (Lipinski definition) is 4. The van der Waals surface area contributed by atoms with Gasteiger partial charge < -0.3 is 15.2 Å². The van der Waals surface area contributed by atoms with Gasteiger partial charge in [0.05, 0.1) is 22.9 Å². The monoisotopic (exact) mass is 484 g/mol. The highest BCUT2D eigenvalue weighted by Crippen LogP contribution is 2.38. The van der Waals surface area contributed by atoms with E-state index in [9.17, 15) is 31.9 Å². The average molecular weight is 484 g/mol. The summed E-state index contributed by atoms with van der Waals surface area (Å²) in [6.07, 6.45) is -5.10. The van der Waals surface area contributed by atoms with Crippen LogP contribution in [0.2, 0.25) is 0 Å². The maximum atomic E-state index is 13.9. The number of carbonyl (C=O) groups excluding carboxylic acids is 1. The number of aromatic hydroxyl groups is 1. The first kappa shape index (κ1) is 23.5. The summed E-state index contributed by atoms with van der Waals surface area (Å²) in [4.78, 5) is 13.0. The Balaban J connectivity index is 1.83. The van der Waals surface area contributed by atoms with Gasteiger partial charge in [0, 0.05) is 17.5 Å². The molecular weight excluding hydrogens is 471 g/mol. The Morgan fingerprint density at radius 3 is 2.23 bits per heavy atom. The van der Waals surface area contributed by atoms with Crippen molar-refractivity contribution in [2.24, 2.45) is 0 Å². The summed E-state index contributed by atoms with van der Waals surface area (Å²) < 4.78 is 70.2. The van der Waals surface area contributed by atoms with E-state index in [0.29, 0.717) is 11.5 Å². The summed E-state index contributed by atoms with van der Waals surface area (Å²) in [7, 11) is 0. The fourth-order valence-corrected chi connectivity index (χ4v) is 3.58. The fraction of sp³-hybridized carbons (Fsp3) is 0.0400. The van der Waals surface area contributed by atoms with Gasteiger partial charge in [0.1, 0.15) is 17.4 Å². The van der Waals surface area contributed by atoms with Crippen molar-refractivity contribution in [1.29, 1.82) is 5.26 Å². The Morgan fingerprint density at radius 1 is 0.943 bits per heavy atom. The van der Waals surface area contributed by atoms with Crippen LogP contribution in [0.4, 0.5) is 27.6 Å². The highest BCUT2D eigenvalue weighted by atomic mass is 19.4. The van der Waals surface area contributed by atoms with Gasteiger partial charge in [-0.25, -0.2) is 8.78 Å². The molecule has 4 aromatic rings. The molecule has 4 aromatic carbocycles. The summed E-state index contributed by atoms with van der Waals surface area (Å²) >= 11 is 0. The minimum Gasteiger partial charge on any atom is -0.506 e. The fourth-order valence-electron chi connectivity index (χ4n) is 3.58. The Labute approximate surface area is 194 Å². The van der Waals surface area contributed by atoms with Crippen molar-refractivity contribution in [3.8, 4) is 28.7 Å². The summed E-state index contributed by atoms with van der Waals surface area (Å²) in [5, 5.41) is 22.5. The number of carbonyl (C=O) groups is 1. The van der Waals surface area contributed by atoms with Crippen molar-refractivity contribution in [3.05, 3.63) is 89.5 Å². The third-order valence-electron chi connectivity index (χ3n) is 5.02. The maximum Gasteiger partial charge on any atom is 0.573 e. The number of anilines is 1. The van der Waals surface area contributed by atoms with Crippen molar-refractivity contribution in [3.63, 3.8) is 0 Å². The largest absolute Gasteiger partial charge is 0.573 e. The topological polar surface area (TPSA) is 82.4 Å². The van der Waals surface area contributed by atoms with E-state index < -0.39 is 41.1 Å². The highest BCUT2D eigenvalue weighted by molar-refractivity contribution is 6.13. The lowest BCUT2D eigenvalue weighted by atomic mass is 9.94. The van der Waals surface area contributed by atoms with Crippen LogP contribution in [0.25, 0.3) is 21.9 Å². The Bertz CT molecular complexity index is 1490. The van der Waals surface area contributed by atoms with Gasteiger partial charge >= 0.3 is 6.36 Å². The first-order chi connectivity index (χ1) is 16.6. The normalized spacial score (nSPS) is 11.2. The second-order valence-corrected chi connectivity index (χ2v) is 7.35. The van der Waals surface area contributed by atoms with E-state index in [4.69, 9.17) is 5.26 Å². The van der Waals surface area contributed by atoms with Crippen molar-refractivity contribution >= 4 is 22.4 Å². The molecule has 0 saturated carbocycles. The number of ether oxygens (including phenoxy) is 1. The predicted octanol–water partition coefficient (Wildman–Crippen LogP) is 6.51. The zero-order valence-electron chi connectivity index (χ0n) is 17.5. The number of rotatable bonds is 4. The average Bonchev–Trinajstić information content (AvgIpc) is 2.79. The molecule has 10 heteroatoms. The lowest BCUT2D eigenvalue weighted by Crippen LogP contribution is -2.20. The van der Waals surface area contributed by atoms with Crippen LogP contribution < -0.4 is 10.1 Å². The number of halogens is 5. The number of alkyl halides is 3. The maximum absolute atomic E-state index is 13.9. The Morgan fingerprint density at radius 2 is 1.60 bits per heavy atom. The molecule has 0 heterocycles. The standard InChI is InChI=1S/C25H13F5N2O3/c26-15-8-14(9-16(27)10-15)19-11-20(23(33)18-4-2-1-3-17(18)19)24(34)32-21-6-5-13(12-31)7-22(21)35-25(28,29)30/h1-11,33H,(H,32,34). The van der Waals surface area contributed by atoms with E-state index in [1.165, 1.54) is 18.2 Å². The van der Waals surface area contributed by atoms with Crippen LogP contribution in [0, 0.1) is 23.0 Å². The van der Waals surface area contributed by atoms with Crippen LogP contribution in [0.1, 0.15) is 15.9 Å². The molecule has 0 spiro atoms. The molecule has 35 heavy (non-hydrogen) atoms. The third kappa shape index (κ3) is 4.99. The smallest absolute Gasteiger partial charge is 0.506 e. The molecule has 1 amide bonds. The van der Waals surface area contributed by atoms with E-state index in [1.54, 1.807) is 24.3 Å². The quantitative estimate of drug-likeness (QED) is 0.324. The number of nitriles is 1. The summed E-state index contributed by atoms with van der Waals surface area (Å²) in [5.41, 5.74) is -0.657. The van der Waals surface area contributed by atoms with Gasteiger partial charge in [0.25, 0.3) is 5.91 Å². The van der Waals surface area contributed by atoms with Crippen LogP contribution in [-0.2, 0) is 0 Å². The summed E-state index contributed by atoms with van der Waals surface area (Å²) in [6, 6.07) is 14.8. The minimum atomic E-state index is -5.10. The number of nitrogens with one attached hydrogen (secondary N) is 1. The molecule has 2 N–H and O–H groups in total. The molecular formula is C25H13F5N2O3. The van der Waals surface area contributed by atoms with Gasteiger partial charge in [-0.1, -0.05) is 24.3 Å². The molecule has 0 saturated heterocycles. The van der Waals surface area contributed by atoms with E-state index >= 15 is 0 Å². The molecule has 4 rings (SSSR count). The van der Waals surface area contributed by atoms with Crippen molar-refractivity contribution < 1.29 is 36.6 Å². The molecule has 5 nitrogen and oxygen atoms in total. The number of phenols is 1. The van der Waals surface area contributed by atoms with Gasteiger partial charge in [-0.3, -0.25) is 4.79 Å². The van der Waals surface area contributed by atoms with Crippen molar-refractivity contribution in [1.82, 2.24) is 0 Å². The van der Waals surface area contributed by atoms with E-state index in [0.717, 1.165) is 24.3 Å². The first-order valence-corrected chi connectivity index (χ1v) is 9.88. The van der Waals surface area contributed by atoms with Gasteiger partial charge in [0.15, 0.2) is 5.75 Å². The van der Waals surface area contributed by atoms with Crippen LogP contribution in [-0.4, -0.2) is 17.4 Å². The van der Waals surface area contributed by atoms with Crippen molar-refractivity contribution in [2.45, 2.75) is 6.36 Å². The zero-order chi connectivity index (χ0) is 25.3. The number of phenolic OH excluding ortho intramolecular Hbond substituents is 1. The second kappa shape index (κ2) is 8.95. The lowest BCUT2D eigenvalue weighted by Gasteiger charge is -2.16. The van der Waals surface area contributed by atoms with Gasteiger partial charge in [0.2, 0.25) is 0 Å². The van der Waals surface area contributed by atoms with E-state index in [1.807, 2.05) is 0 Å². The number of hydrogen-bond donors (Lipinski definition) is 2. The molecule has 0 fully saturated rings. The summed E-state index contributed by atoms with van der Waals surface area (Å²) in [5.74, 6) is -4.09. The van der Waals surface area contributed by atoms with Gasteiger partial charge in [-0.2, -0.15) is 5.26 Å². The molecule has 0 aliphatic carbocycles. The van der Waals surface area contributed by atoms with Gasteiger partial charge in [-0.05, 0) is 46.8 Å². The summed E-state index contributed by atoms with van der Waals surface area (Å²) in [6.45, 7) is 0. The van der Waals surface area contributed by atoms with Crippen LogP contribution in [0.3, 0.4) is 0 Å². The zero-order valence-corrected chi connectivity index (χ0v) is 17.5. The molecule has 0 unspecified atom stereocenters. The van der Waals surface area contributed by atoms with Crippen LogP contribution in [0.15, 0.2) is 66.7 Å². The molecule has 0 atom stereocenters. The van der Waals surface area contributed by atoms with E-state index in [-0.39, 0.29) is 27.6 Å². The van der Waals surface area contributed by atoms with E-state index in [2.05, 4.69) is 10.1 Å². The number of fused-ring (bicyclic) bond motifs is 1. The number of benzene rings is 4. The minimum absolute atomic E-state index is 0.0761. The number of amides is 1. The number of nitrogens with zero attached hydrogens (tertiary/aromatic N) is 1. The lowest BCUT2D eigenvalue weighted by molar-refractivity contribution is -0.274. The molecule has 0 bridgehead atoms. The molecule has 0 aliphatic rings. The Hall–Kier alpha value is -4.65. The van der Waals surface area contributed by atoms with Gasteiger partial charge in [-0.15, -0.1) is 13.2 Å².